The van der Waals surface area contributed by atoms with E-state index in [-0.39, 0.29) is 17.3 Å². The molecule has 6 nitrogen and oxygen atoms in total. The molecule has 1 aromatic heterocycles. The van der Waals surface area contributed by atoms with Gasteiger partial charge in [-0.2, -0.15) is 0 Å². The number of pyridine rings is 1. The number of nitrogens with two attached hydrogens (primary N) is 1. The van der Waals surface area contributed by atoms with Crippen molar-refractivity contribution in [2.75, 3.05) is 6.54 Å². The molecule has 0 amide bonds. The summed E-state index contributed by atoms with van der Waals surface area (Å²) < 4.78 is 11.9. The summed E-state index contributed by atoms with van der Waals surface area (Å²) in [5, 5.41) is 9.25. The number of halogens is 1. The Morgan fingerprint density at radius 3 is 2.43 bits per heavy atom. The lowest BCUT2D eigenvalue weighted by Gasteiger charge is -2.32. The summed E-state index contributed by atoms with van der Waals surface area (Å²) in [6.07, 6.45) is 2.88. The molecule has 0 aliphatic carbocycles. The van der Waals surface area contributed by atoms with Gasteiger partial charge >= 0.3 is 13.1 Å². The smallest absolute Gasteiger partial charge is 0.478 e. The maximum absolute atomic E-state index is 11.1. The van der Waals surface area contributed by atoms with Gasteiger partial charge in [0.2, 0.25) is 0 Å². The Morgan fingerprint density at radius 2 is 1.96 bits per heavy atom. The van der Waals surface area contributed by atoms with Gasteiger partial charge in [-0.3, -0.25) is 0 Å². The highest BCUT2D eigenvalue weighted by atomic mass is 35.5. The van der Waals surface area contributed by atoms with E-state index < -0.39 is 24.3 Å². The van der Waals surface area contributed by atoms with Crippen molar-refractivity contribution in [1.29, 1.82) is 0 Å². The largest absolute Gasteiger partial charge is 0.491 e. The first-order valence-electron chi connectivity index (χ1n) is 7.22. The van der Waals surface area contributed by atoms with Crippen LogP contribution in [0.25, 0.3) is 6.08 Å². The second-order valence-corrected chi connectivity index (χ2v) is 6.78. The average molecular weight is 339 g/mol. The zero-order valence-electron chi connectivity index (χ0n) is 13.6. The van der Waals surface area contributed by atoms with Crippen molar-refractivity contribution >= 4 is 30.8 Å². The zero-order chi connectivity index (χ0) is 17.4. The number of hydrogen-bond acceptors (Lipinski definition) is 5. The Morgan fingerprint density at radius 1 is 1.39 bits per heavy atom. The van der Waals surface area contributed by atoms with E-state index in [1.807, 2.05) is 27.7 Å². The summed E-state index contributed by atoms with van der Waals surface area (Å²) >= 11 is 6.05. The van der Waals surface area contributed by atoms with Gasteiger partial charge in [-0.25, -0.2) is 9.78 Å². The fourth-order valence-electron chi connectivity index (χ4n) is 2.10. The van der Waals surface area contributed by atoms with Crippen LogP contribution in [-0.4, -0.2) is 40.9 Å². The van der Waals surface area contributed by atoms with E-state index in [0.29, 0.717) is 11.0 Å². The quantitative estimate of drug-likeness (QED) is 0.646. The number of carboxylic acid groups (broad SMARTS) is 1. The second-order valence-electron chi connectivity index (χ2n) is 6.42. The summed E-state index contributed by atoms with van der Waals surface area (Å²) in [7, 11) is -0.616. The summed E-state index contributed by atoms with van der Waals surface area (Å²) in [6, 6.07) is 1.44. The van der Waals surface area contributed by atoms with E-state index >= 15 is 0 Å². The standard InChI is InChI=1S/C15H20BClN2O4/c1-14(2)15(3,4)23-16(22-14)11(7-18)6-9-5-10(13(20)21)8-19-12(9)17/h5-6,8H,7,18H2,1-4H3,(H,20,21). The van der Waals surface area contributed by atoms with Gasteiger partial charge in [-0.05, 0) is 39.2 Å². The first-order valence-corrected chi connectivity index (χ1v) is 7.60. The highest BCUT2D eigenvalue weighted by Crippen LogP contribution is 2.38. The molecule has 0 saturated carbocycles. The van der Waals surface area contributed by atoms with Crippen LogP contribution in [0.15, 0.2) is 17.7 Å². The van der Waals surface area contributed by atoms with Crippen LogP contribution < -0.4 is 5.73 Å². The molecule has 2 heterocycles. The topological polar surface area (TPSA) is 94.7 Å². The molecule has 1 aliphatic rings. The van der Waals surface area contributed by atoms with Gasteiger partial charge in [-0.1, -0.05) is 17.7 Å². The van der Waals surface area contributed by atoms with Crippen molar-refractivity contribution in [1.82, 2.24) is 4.98 Å². The molecule has 0 radical (unpaired) electrons. The molecular weight excluding hydrogens is 318 g/mol. The molecule has 0 unspecified atom stereocenters. The number of rotatable bonds is 4. The Balaban J connectivity index is 2.37. The Kier molecular flexibility index (Phi) is 4.87. The van der Waals surface area contributed by atoms with Crippen molar-refractivity contribution < 1.29 is 19.2 Å². The second kappa shape index (κ2) is 6.24. The van der Waals surface area contributed by atoms with Crippen LogP contribution in [0, 0.1) is 0 Å². The lowest BCUT2D eigenvalue weighted by Crippen LogP contribution is -2.41. The van der Waals surface area contributed by atoms with Crippen molar-refractivity contribution in [3.8, 4) is 0 Å². The van der Waals surface area contributed by atoms with Crippen LogP contribution in [0.1, 0.15) is 43.6 Å². The fraction of sp³-hybridized carbons (Fsp3) is 0.467. The monoisotopic (exact) mass is 338 g/mol. The van der Waals surface area contributed by atoms with Gasteiger partial charge in [0.25, 0.3) is 0 Å². The number of hydrogen-bond donors (Lipinski definition) is 2. The molecule has 2 rings (SSSR count). The van der Waals surface area contributed by atoms with Crippen LogP contribution in [0.2, 0.25) is 5.15 Å². The van der Waals surface area contributed by atoms with Crippen molar-refractivity contribution in [2.24, 2.45) is 5.73 Å². The fourth-order valence-corrected chi connectivity index (χ4v) is 2.26. The Bertz CT molecular complexity index is 645. The number of carbonyl (C=O) groups is 1. The molecule has 1 fully saturated rings. The van der Waals surface area contributed by atoms with Crippen LogP contribution in [-0.2, 0) is 9.31 Å². The number of nitrogens with zero attached hydrogens (tertiary/aromatic N) is 1. The number of aromatic nitrogens is 1. The molecule has 23 heavy (non-hydrogen) atoms. The Labute approximate surface area is 140 Å². The molecule has 3 N–H and O–H groups in total. The minimum absolute atomic E-state index is 0.0472. The van der Waals surface area contributed by atoms with Crippen LogP contribution in [0.4, 0.5) is 0 Å². The summed E-state index contributed by atoms with van der Waals surface area (Å²) in [6.45, 7) is 7.97. The third-order valence-electron chi connectivity index (χ3n) is 4.25. The lowest BCUT2D eigenvalue weighted by molar-refractivity contribution is 0.00578. The normalized spacial score (nSPS) is 19.9. The molecule has 0 spiro atoms. The van der Waals surface area contributed by atoms with Gasteiger partial charge < -0.3 is 20.1 Å². The first-order chi connectivity index (χ1) is 10.6. The van der Waals surface area contributed by atoms with Crippen molar-refractivity contribution in [2.45, 2.75) is 38.9 Å². The van der Waals surface area contributed by atoms with Gasteiger partial charge in [0.1, 0.15) is 5.15 Å². The lowest BCUT2D eigenvalue weighted by atomic mass is 9.77. The van der Waals surface area contributed by atoms with Crippen molar-refractivity contribution in [3.05, 3.63) is 34.0 Å². The Hall–Kier alpha value is -1.41. The first kappa shape index (κ1) is 17.9. The van der Waals surface area contributed by atoms with Gasteiger partial charge in [0, 0.05) is 18.3 Å². The minimum atomic E-state index is -1.08. The third-order valence-corrected chi connectivity index (χ3v) is 4.56. The predicted molar refractivity (Wildman–Crippen MR) is 89.3 cm³/mol. The molecule has 1 aliphatic heterocycles. The highest BCUT2D eigenvalue weighted by Gasteiger charge is 2.52. The summed E-state index contributed by atoms with van der Waals surface area (Å²) in [5.74, 6) is -1.08. The average Bonchev–Trinajstić information content (AvgIpc) is 2.66. The van der Waals surface area contributed by atoms with Crippen LogP contribution in [0.3, 0.4) is 0 Å². The van der Waals surface area contributed by atoms with E-state index in [0.717, 1.165) is 0 Å². The minimum Gasteiger partial charge on any atom is -0.478 e. The summed E-state index contributed by atoms with van der Waals surface area (Å²) in [4.78, 5) is 15.0. The van der Waals surface area contributed by atoms with Crippen molar-refractivity contribution in [3.63, 3.8) is 0 Å². The predicted octanol–water partition coefficient (Wildman–Crippen LogP) is 2.41. The molecular formula is C15H20BClN2O4. The summed E-state index contributed by atoms with van der Waals surface area (Å²) in [5.41, 5.74) is 6.01. The van der Waals surface area contributed by atoms with Crippen LogP contribution in [0.5, 0.6) is 0 Å². The molecule has 0 aromatic carbocycles. The van der Waals surface area contributed by atoms with E-state index in [4.69, 9.17) is 31.7 Å². The molecule has 1 aromatic rings. The zero-order valence-corrected chi connectivity index (χ0v) is 14.3. The van der Waals surface area contributed by atoms with Gasteiger partial charge in [0.15, 0.2) is 0 Å². The van der Waals surface area contributed by atoms with E-state index in [1.54, 1.807) is 6.08 Å². The molecule has 0 bridgehead atoms. The van der Waals surface area contributed by atoms with Gasteiger partial charge in [0.05, 0.1) is 16.8 Å². The third kappa shape index (κ3) is 3.58. The highest BCUT2D eigenvalue weighted by molar-refractivity contribution is 6.56. The van der Waals surface area contributed by atoms with E-state index in [1.165, 1.54) is 12.3 Å². The molecule has 124 valence electrons. The van der Waals surface area contributed by atoms with E-state index in [9.17, 15) is 4.79 Å². The maximum atomic E-state index is 11.1. The van der Waals surface area contributed by atoms with Gasteiger partial charge in [-0.15, -0.1) is 0 Å². The van der Waals surface area contributed by atoms with E-state index in [2.05, 4.69) is 4.98 Å². The molecule has 8 heteroatoms. The van der Waals surface area contributed by atoms with Crippen LogP contribution >= 0.6 is 11.6 Å². The number of aromatic carboxylic acids is 1. The maximum Gasteiger partial charge on any atom is 0.491 e. The molecule has 0 atom stereocenters. The molecule has 1 saturated heterocycles. The number of carboxylic acids is 1. The SMILES string of the molecule is CC1(C)OB(C(=Cc2cc(C(=O)O)cnc2Cl)CN)OC1(C)C.